The van der Waals surface area contributed by atoms with E-state index in [2.05, 4.69) is 20.7 Å². The van der Waals surface area contributed by atoms with Gasteiger partial charge in [-0.1, -0.05) is 10.3 Å². The highest BCUT2D eigenvalue weighted by molar-refractivity contribution is 6.04. The van der Waals surface area contributed by atoms with E-state index in [0.717, 1.165) is 0 Å². The number of benzene rings is 1. The summed E-state index contributed by atoms with van der Waals surface area (Å²) in [4.78, 5) is 12.4. The van der Waals surface area contributed by atoms with Gasteiger partial charge in [-0.3, -0.25) is 10.1 Å². The van der Waals surface area contributed by atoms with Gasteiger partial charge in [-0.15, -0.1) is 5.10 Å². The fourth-order valence-electron chi connectivity index (χ4n) is 2.08. The quantitative estimate of drug-likeness (QED) is 0.714. The van der Waals surface area contributed by atoms with E-state index in [0.29, 0.717) is 23.0 Å². The van der Waals surface area contributed by atoms with Crippen LogP contribution in [-0.2, 0) is 0 Å². The van der Waals surface area contributed by atoms with Gasteiger partial charge >= 0.3 is 6.01 Å². The van der Waals surface area contributed by atoms with E-state index in [1.165, 1.54) is 39.7 Å². The lowest BCUT2D eigenvalue weighted by Crippen LogP contribution is -2.13. The second-order valence-corrected chi connectivity index (χ2v) is 4.66. The molecular weight excluding hydrogens is 332 g/mol. The van der Waals surface area contributed by atoms with Crippen LogP contribution < -0.4 is 19.5 Å². The summed E-state index contributed by atoms with van der Waals surface area (Å²) in [7, 11) is 4.39. The van der Waals surface area contributed by atoms with Gasteiger partial charge in [0, 0.05) is 11.6 Å². The molecule has 0 aliphatic heterocycles. The average molecular weight is 346 g/mol. The minimum atomic E-state index is -0.493. The molecule has 25 heavy (non-hydrogen) atoms. The molecular formula is C15H14N4O6. The zero-order valence-corrected chi connectivity index (χ0v) is 13.6. The Kier molecular flexibility index (Phi) is 4.50. The Bertz CT molecular complexity index is 849. The first-order valence-corrected chi connectivity index (χ1v) is 7.02. The summed E-state index contributed by atoms with van der Waals surface area (Å²) in [6.07, 6.45) is 1.44. The number of nitrogens with one attached hydrogen (secondary N) is 1. The summed E-state index contributed by atoms with van der Waals surface area (Å²) < 4.78 is 25.9. The van der Waals surface area contributed by atoms with Gasteiger partial charge in [0.05, 0.1) is 27.5 Å². The topological polar surface area (TPSA) is 122 Å². The number of carbonyl (C=O) groups is 1. The van der Waals surface area contributed by atoms with Crippen molar-refractivity contribution in [2.24, 2.45) is 0 Å². The van der Waals surface area contributed by atoms with Gasteiger partial charge in [0.2, 0.25) is 11.5 Å². The Morgan fingerprint density at radius 1 is 1.08 bits per heavy atom. The fraction of sp³-hybridized carbons (Fsp3) is 0.200. The van der Waals surface area contributed by atoms with E-state index in [4.69, 9.17) is 23.2 Å². The Labute approximate surface area is 141 Å². The van der Waals surface area contributed by atoms with Crippen molar-refractivity contribution in [2.45, 2.75) is 0 Å². The van der Waals surface area contributed by atoms with Crippen LogP contribution in [0.4, 0.5) is 6.01 Å². The normalized spacial score (nSPS) is 10.4. The molecule has 1 amide bonds. The third-order valence-corrected chi connectivity index (χ3v) is 3.22. The second-order valence-electron chi connectivity index (χ2n) is 4.66. The van der Waals surface area contributed by atoms with Gasteiger partial charge in [0.15, 0.2) is 11.5 Å². The van der Waals surface area contributed by atoms with Crippen LogP contribution in [0.1, 0.15) is 10.4 Å². The molecule has 10 heteroatoms. The maximum absolute atomic E-state index is 12.4. The fourth-order valence-corrected chi connectivity index (χ4v) is 2.08. The number of hydrogen-bond acceptors (Lipinski definition) is 9. The van der Waals surface area contributed by atoms with Gasteiger partial charge in [0.25, 0.3) is 11.8 Å². The summed E-state index contributed by atoms with van der Waals surface area (Å²) in [6.45, 7) is 0. The summed E-state index contributed by atoms with van der Waals surface area (Å²) in [5, 5.41) is 13.5. The highest BCUT2D eigenvalue weighted by atomic mass is 16.5. The number of aromatic nitrogens is 3. The van der Waals surface area contributed by atoms with Crippen LogP contribution >= 0.6 is 0 Å². The molecule has 0 saturated heterocycles. The molecule has 0 unspecified atom stereocenters. The van der Waals surface area contributed by atoms with Gasteiger partial charge in [-0.25, -0.2) is 0 Å². The van der Waals surface area contributed by atoms with E-state index >= 15 is 0 Å². The van der Waals surface area contributed by atoms with Crippen molar-refractivity contribution < 1.29 is 27.9 Å². The minimum absolute atomic E-state index is 0.0925. The Hall–Kier alpha value is -3.56. The third-order valence-electron chi connectivity index (χ3n) is 3.22. The molecule has 1 N–H and O–H groups in total. The smallest absolute Gasteiger partial charge is 0.322 e. The van der Waals surface area contributed by atoms with Crippen LogP contribution in [0, 0.1) is 0 Å². The van der Waals surface area contributed by atoms with E-state index in [1.807, 2.05) is 0 Å². The first kappa shape index (κ1) is 16.3. The minimum Gasteiger partial charge on any atom is -0.493 e. The Morgan fingerprint density at radius 2 is 1.80 bits per heavy atom. The molecule has 0 fully saturated rings. The highest BCUT2D eigenvalue weighted by Crippen LogP contribution is 2.38. The third kappa shape index (κ3) is 3.22. The monoisotopic (exact) mass is 346 g/mol. The van der Waals surface area contributed by atoms with Crippen LogP contribution in [0.3, 0.4) is 0 Å². The van der Waals surface area contributed by atoms with Crippen LogP contribution in [0.15, 0.2) is 33.3 Å². The molecule has 0 radical (unpaired) electrons. The molecule has 2 heterocycles. The number of hydrogen-bond donors (Lipinski definition) is 1. The largest absolute Gasteiger partial charge is 0.493 e. The van der Waals surface area contributed by atoms with Gasteiger partial charge in [-0.2, -0.15) is 0 Å². The summed E-state index contributed by atoms with van der Waals surface area (Å²) in [5.74, 6) is 0.970. The lowest BCUT2D eigenvalue weighted by atomic mass is 10.1. The molecule has 0 aliphatic carbocycles. The molecule has 2 aromatic heterocycles. The van der Waals surface area contributed by atoms with Crippen LogP contribution in [-0.4, -0.2) is 42.6 Å². The highest BCUT2D eigenvalue weighted by Gasteiger charge is 2.19. The van der Waals surface area contributed by atoms with Crippen molar-refractivity contribution >= 4 is 11.9 Å². The number of ether oxygens (including phenoxy) is 3. The summed E-state index contributed by atoms with van der Waals surface area (Å²) >= 11 is 0. The van der Waals surface area contributed by atoms with Crippen LogP contribution in [0.25, 0.3) is 11.7 Å². The number of rotatable bonds is 6. The lowest BCUT2D eigenvalue weighted by Gasteiger charge is -2.13. The number of methoxy groups -OCH3 is 3. The average Bonchev–Trinajstić information content (AvgIpc) is 3.31. The Morgan fingerprint density at radius 3 is 2.36 bits per heavy atom. The van der Waals surface area contributed by atoms with Crippen molar-refractivity contribution in [3.05, 3.63) is 30.0 Å². The molecule has 3 aromatic rings. The van der Waals surface area contributed by atoms with Crippen molar-refractivity contribution in [1.82, 2.24) is 15.4 Å². The molecule has 0 aliphatic rings. The van der Waals surface area contributed by atoms with Gasteiger partial charge in [0.1, 0.15) is 0 Å². The van der Waals surface area contributed by atoms with Crippen LogP contribution in [0.5, 0.6) is 17.2 Å². The molecule has 3 rings (SSSR count). The maximum Gasteiger partial charge on any atom is 0.322 e. The molecule has 130 valence electrons. The SMILES string of the molecule is COc1cc(C(=O)Nc2nnc(-c3ccno3)o2)cc(OC)c1OC. The number of nitrogens with zero attached hydrogens (tertiary/aromatic N) is 3. The van der Waals surface area contributed by atoms with E-state index in [-0.39, 0.29) is 17.5 Å². The zero-order valence-electron chi connectivity index (χ0n) is 13.6. The molecule has 0 spiro atoms. The molecule has 0 atom stereocenters. The summed E-state index contributed by atoms with van der Waals surface area (Å²) in [5.41, 5.74) is 0.258. The van der Waals surface area contributed by atoms with E-state index in [1.54, 1.807) is 6.07 Å². The number of amides is 1. The first-order valence-electron chi connectivity index (χ1n) is 7.02. The molecule has 0 saturated carbocycles. The lowest BCUT2D eigenvalue weighted by molar-refractivity contribution is 0.102. The van der Waals surface area contributed by atoms with Crippen LogP contribution in [0.2, 0.25) is 0 Å². The van der Waals surface area contributed by atoms with Crippen molar-refractivity contribution in [2.75, 3.05) is 26.6 Å². The summed E-state index contributed by atoms with van der Waals surface area (Å²) in [6, 6.07) is 4.47. The standard InChI is InChI=1S/C15H14N4O6/c1-21-10-6-8(7-11(22-2)12(10)23-3)13(20)17-15-19-18-14(24-15)9-4-5-16-25-9/h4-7H,1-3H3,(H,17,19,20). The zero-order chi connectivity index (χ0) is 17.8. The van der Waals surface area contributed by atoms with Gasteiger partial charge < -0.3 is 23.2 Å². The van der Waals surface area contributed by atoms with Crippen molar-refractivity contribution in [3.8, 4) is 28.9 Å². The molecule has 10 nitrogen and oxygen atoms in total. The van der Waals surface area contributed by atoms with Crippen molar-refractivity contribution in [3.63, 3.8) is 0 Å². The maximum atomic E-state index is 12.4. The van der Waals surface area contributed by atoms with E-state index in [9.17, 15) is 4.79 Å². The number of carbonyl (C=O) groups excluding carboxylic acids is 1. The Balaban J connectivity index is 1.84. The predicted octanol–water partition coefficient (Wildman–Crippen LogP) is 2.00. The van der Waals surface area contributed by atoms with Crippen molar-refractivity contribution in [1.29, 1.82) is 0 Å². The van der Waals surface area contributed by atoms with Gasteiger partial charge in [-0.05, 0) is 12.1 Å². The second kappa shape index (κ2) is 6.91. The molecule has 0 bridgehead atoms. The predicted molar refractivity (Wildman–Crippen MR) is 83.8 cm³/mol. The molecule has 1 aromatic carbocycles. The number of anilines is 1. The first-order chi connectivity index (χ1) is 12.2. The van der Waals surface area contributed by atoms with E-state index < -0.39 is 5.91 Å².